The second kappa shape index (κ2) is 18.8. The highest BCUT2D eigenvalue weighted by Crippen LogP contribution is 2.68. The van der Waals surface area contributed by atoms with Gasteiger partial charge in [-0.15, -0.1) is 0 Å². The van der Waals surface area contributed by atoms with E-state index in [4.69, 9.17) is 0 Å². The van der Waals surface area contributed by atoms with E-state index in [9.17, 15) is 0 Å². The highest BCUT2D eigenvalue weighted by atomic mass is 15.0. The highest BCUT2D eigenvalue weighted by Gasteiger charge is 2.60. The molecule has 4 aliphatic rings. The van der Waals surface area contributed by atoms with Crippen LogP contribution in [-0.2, 0) is 0 Å². The van der Waals surface area contributed by atoms with Crippen molar-refractivity contribution in [3.8, 4) is 0 Å². The topological polar surface area (TPSA) is 12.0 Å². The van der Waals surface area contributed by atoms with E-state index < -0.39 is 0 Å². The van der Waals surface area contributed by atoms with E-state index in [-0.39, 0.29) is 0 Å². The average molecular weight is 570 g/mol. The second-order valence-electron chi connectivity index (χ2n) is 13.7. The molecule has 0 aromatic heterocycles. The Morgan fingerprint density at radius 2 is 1.29 bits per heavy atom. The average Bonchev–Trinajstić information content (AvgIpc) is 3.38. The van der Waals surface area contributed by atoms with Gasteiger partial charge in [0.15, 0.2) is 0 Å². The van der Waals surface area contributed by atoms with Crippen molar-refractivity contribution in [2.75, 3.05) is 0 Å². The summed E-state index contributed by atoms with van der Waals surface area (Å²) in [5.41, 5.74) is 2.63. The Balaban J connectivity index is 0.000000847. The van der Waals surface area contributed by atoms with Crippen molar-refractivity contribution in [3.63, 3.8) is 0 Å². The molecular formula is C40H75N. The molecular weight excluding hydrogens is 494 g/mol. The van der Waals surface area contributed by atoms with Crippen LogP contribution in [0.15, 0.2) is 30.3 Å². The van der Waals surface area contributed by atoms with Crippen LogP contribution in [-0.4, -0.2) is 6.04 Å². The zero-order chi connectivity index (χ0) is 31.2. The first-order valence-corrected chi connectivity index (χ1v) is 18.6. The van der Waals surface area contributed by atoms with Crippen LogP contribution in [0.2, 0.25) is 0 Å². The fraction of sp³-hybridized carbons (Fsp3) is 0.850. The zero-order valence-electron chi connectivity index (χ0n) is 30.3. The van der Waals surface area contributed by atoms with E-state index in [0.29, 0.717) is 22.9 Å². The Kier molecular flexibility index (Phi) is 17.5. The summed E-state index contributed by atoms with van der Waals surface area (Å²) in [5.74, 6) is 5.88. The maximum Gasteiger partial charge on any atom is 0.0294 e. The normalized spacial score (nSPS) is 36.3. The minimum atomic E-state index is 0.438. The first-order valence-electron chi connectivity index (χ1n) is 18.6. The zero-order valence-corrected chi connectivity index (χ0v) is 30.3. The molecule has 0 radical (unpaired) electrons. The molecule has 1 N–H and O–H groups in total. The molecule has 5 rings (SSSR count). The Morgan fingerprint density at radius 3 is 1.88 bits per heavy atom. The van der Waals surface area contributed by atoms with Crippen LogP contribution in [0.25, 0.3) is 0 Å². The SMILES string of the molecule is CC.CC.CC.CCC.CCC1CCC2(C)C(CCC3C2CCC2(C)C(C(C)NC(C)c4ccccc4)CCC32)C1. The molecule has 0 bridgehead atoms. The maximum absolute atomic E-state index is 4.03. The van der Waals surface area contributed by atoms with E-state index in [1.807, 2.05) is 41.5 Å². The van der Waals surface area contributed by atoms with Gasteiger partial charge in [0.2, 0.25) is 0 Å². The van der Waals surface area contributed by atoms with Gasteiger partial charge in [0, 0.05) is 12.1 Å². The van der Waals surface area contributed by atoms with Crippen molar-refractivity contribution in [2.45, 2.75) is 173 Å². The summed E-state index contributed by atoms with van der Waals surface area (Å²) in [6.07, 6.45) is 16.2. The van der Waals surface area contributed by atoms with Gasteiger partial charge in [0.25, 0.3) is 0 Å². The van der Waals surface area contributed by atoms with Crippen LogP contribution in [0.4, 0.5) is 0 Å². The summed E-state index contributed by atoms with van der Waals surface area (Å²) in [7, 11) is 0. The fourth-order valence-electron chi connectivity index (χ4n) is 9.93. The van der Waals surface area contributed by atoms with E-state index >= 15 is 0 Å². The summed E-state index contributed by atoms with van der Waals surface area (Å²) in [5, 5.41) is 4.03. The summed E-state index contributed by atoms with van der Waals surface area (Å²) < 4.78 is 0. The molecule has 0 spiro atoms. The lowest BCUT2D eigenvalue weighted by Crippen LogP contribution is -2.54. The second-order valence-corrected chi connectivity index (χ2v) is 13.7. The van der Waals surface area contributed by atoms with Crippen molar-refractivity contribution < 1.29 is 0 Å². The van der Waals surface area contributed by atoms with Gasteiger partial charge in [-0.25, -0.2) is 0 Å². The number of rotatable bonds is 5. The summed E-state index contributed by atoms with van der Waals surface area (Å²) in [4.78, 5) is 0. The predicted octanol–water partition coefficient (Wildman–Crippen LogP) is 12.9. The van der Waals surface area contributed by atoms with Crippen molar-refractivity contribution in [1.82, 2.24) is 5.32 Å². The van der Waals surface area contributed by atoms with E-state index in [0.717, 1.165) is 35.5 Å². The minimum absolute atomic E-state index is 0.438. The van der Waals surface area contributed by atoms with Crippen molar-refractivity contribution in [3.05, 3.63) is 35.9 Å². The molecule has 240 valence electrons. The quantitative estimate of drug-likeness (QED) is 0.372. The molecule has 4 fully saturated rings. The Bertz CT molecular complexity index is 787. The van der Waals surface area contributed by atoms with Crippen LogP contribution in [0.3, 0.4) is 0 Å². The van der Waals surface area contributed by atoms with Crippen LogP contribution in [0.5, 0.6) is 0 Å². The monoisotopic (exact) mass is 570 g/mol. The lowest BCUT2D eigenvalue weighted by atomic mass is 9.44. The van der Waals surface area contributed by atoms with Gasteiger partial charge >= 0.3 is 0 Å². The molecule has 1 aromatic rings. The Labute approximate surface area is 259 Å². The molecule has 1 nitrogen and oxygen atoms in total. The van der Waals surface area contributed by atoms with Gasteiger partial charge in [-0.1, -0.05) is 119 Å². The minimum Gasteiger partial charge on any atom is -0.307 e. The van der Waals surface area contributed by atoms with Crippen molar-refractivity contribution >= 4 is 0 Å². The molecule has 0 amide bonds. The number of hydrogen-bond donors (Lipinski definition) is 1. The largest absolute Gasteiger partial charge is 0.307 e. The molecule has 0 heterocycles. The van der Waals surface area contributed by atoms with Crippen LogP contribution < -0.4 is 5.32 Å². The summed E-state index contributed by atoms with van der Waals surface area (Å²) >= 11 is 0. The maximum atomic E-state index is 4.03. The predicted molar refractivity (Wildman–Crippen MR) is 186 cm³/mol. The molecule has 41 heavy (non-hydrogen) atoms. The molecule has 4 saturated carbocycles. The fourth-order valence-corrected chi connectivity index (χ4v) is 9.93. The number of hydrogen-bond acceptors (Lipinski definition) is 1. The molecule has 1 aromatic carbocycles. The number of benzene rings is 1. The van der Waals surface area contributed by atoms with Gasteiger partial charge in [0.1, 0.15) is 0 Å². The molecule has 1 heteroatoms. The third-order valence-corrected chi connectivity index (χ3v) is 11.8. The van der Waals surface area contributed by atoms with Crippen molar-refractivity contribution in [2.24, 2.45) is 46.3 Å². The molecule has 10 unspecified atom stereocenters. The van der Waals surface area contributed by atoms with Gasteiger partial charge in [0.05, 0.1) is 0 Å². The van der Waals surface area contributed by atoms with Crippen LogP contribution >= 0.6 is 0 Å². The van der Waals surface area contributed by atoms with Crippen LogP contribution in [0, 0.1) is 46.3 Å². The number of nitrogens with one attached hydrogen (secondary N) is 1. The third-order valence-electron chi connectivity index (χ3n) is 11.8. The summed E-state index contributed by atoms with van der Waals surface area (Å²) in [6, 6.07) is 12.1. The van der Waals surface area contributed by atoms with E-state index in [1.165, 1.54) is 69.8 Å². The van der Waals surface area contributed by atoms with E-state index in [1.54, 1.807) is 6.42 Å². The van der Waals surface area contributed by atoms with Crippen molar-refractivity contribution in [1.29, 1.82) is 0 Å². The van der Waals surface area contributed by atoms with Gasteiger partial charge < -0.3 is 5.32 Å². The molecule has 10 atom stereocenters. The first-order chi connectivity index (χ1) is 19.8. The van der Waals surface area contributed by atoms with Crippen LogP contribution in [0.1, 0.15) is 172 Å². The molecule has 0 saturated heterocycles. The van der Waals surface area contributed by atoms with Gasteiger partial charge in [-0.3, -0.25) is 0 Å². The lowest BCUT2D eigenvalue weighted by Gasteiger charge is -2.61. The summed E-state index contributed by atoms with van der Waals surface area (Å²) in [6.45, 7) is 29.0. The molecule has 4 aliphatic carbocycles. The lowest BCUT2D eigenvalue weighted by molar-refractivity contribution is -0.119. The smallest absolute Gasteiger partial charge is 0.0294 e. The van der Waals surface area contributed by atoms with Gasteiger partial charge in [-0.2, -0.15) is 0 Å². The number of fused-ring (bicyclic) bond motifs is 5. The molecule has 0 aliphatic heterocycles. The highest BCUT2D eigenvalue weighted by molar-refractivity contribution is 5.18. The van der Waals surface area contributed by atoms with E-state index in [2.05, 4.69) is 84.1 Å². The first kappa shape index (κ1) is 38.2. The Hall–Kier alpha value is -0.820. The third kappa shape index (κ3) is 8.64. The Morgan fingerprint density at radius 1 is 0.732 bits per heavy atom. The van der Waals surface area contributed by atoms with Gasteiger partial charge in [-0.05, 0) is 124 Å². The standard InChI is InChI=1S/C31H49N.C3H8.3C2H6/c1-6-23-16-18-30(4)25(20-23)12-13-26-28-15-14-27(31(28,5)19-17-29(26)30)22(3)32-21(2)24-10-8-7-9-11-24;1-3-2;3*1-2/h7-11,21-23,25-29,32H,6,12-20H2,1-5H3;3H2,1-2H3;3*1-2H3.